The van der Waals surface area contributed by atoms with E-state index in [1.54, 1.807) is 43.3 Å². The quantitative estimate of drug-likeness (QED) is 0.653. The minimum atomic E-state index is -0.735. The highest BCUT2D eigenvalue weighted by atomic mass is 35.5. The summed E-state index contributed by atoms with van der Waals surface area (Å²) in [5.74, 6) is -0.444. The highest BCUT2D eigenvalue weighted by molar-refractivity contribution is 7.99. The van der Waals surface area contributed by atoms with E-state index in [2.05, 4.69) is 5.32 Å². The van der Waals surface area contributed by atoms with Gasteiger partial charge in [-0.1, -0.05) is 47.5 Å². The second-order valence-electron chi connectivity index (χ2n) is 6.10. The summed E-state index contributed by atoms with van der Waals surface area (Å²) in [4.78, 5) is 26.3. The summed E-state index contributed by atoms with van der Waals surface area (Å²) < 4.78 is 14.0. The largest absolute Gasteiger partial charge is 0.357 e. The fourth-order valence-corrected chi connectivity index (χ4v) is 4.24. The van der Waals surface area contributed by atoms with Crippen LogP contribution < -0.4 is 5.32 Å². The predicted octanol–water partition coefficient (Wildman–Crippen LogP) is 4.53. The van der Waals surface area contributed by atoms with E-state index in [1.807, 2.05) is 0 Å². The first-order valence-corrected chi connectivity index (χ1v) is 10.5. The Balaban J connectivity index is 2.10. The second-order valence-corrected chi connectivity index (χ2v) is 7.90. The highest BCUT2D eigenvalue weighted by Crippen LogP contribution is 2.28. The van der Waals surface area contributed by atoms with Crippen LogP contribution in [-0.2, 0) is 21.9 Å². The molecule has 0 saturated heterocycles. The van der Waals surface area contributed by atoms with Gasteiger partial charge < -0.3 is 10.2 Å². The van der Waals surface area contributed by atoms with Crippen molar-refractivity contribution in [2.24, 2.45) is 0 Å². The zero-order valence-electron chi connectivity index (χ0n) is 15.5. The van der Waals surface area contributed by atoms with Crippen molar-refractivity contribution >= 4 is 46.8 Å². The van der Waals surface area contributed by atoms with Crippen LogP contribution in [-0.4, -0.2) is 35.6 Å². The number of halogens is 3. The lowest BCUT2D eigenvalue weighted by atomic mass is 10.1. The van der Waals surface area contributed by atoms with Gasteiger partial charge in [-0.15, -0.1) is 11.8 Å². The van der Waals surface area contributed by atoms with Crippen LogP contribution in [0, 0.1) is 5.82 Å². The van der Waals surface area contributed by atoms with Crippen molar-refractivity contribution in [2.45, 2.75) is 25.3 Å². The van der Waals surface area contributed by atoms with Gasteiger partial charge in [0.1, 0.15) is 11.9 Å². The van der Waals surface area contributed by atoms with Crippen LogP contribution in [0.1, 0.15) is 18.1 Å². The first-order valence-electron chi connectivity index (χ1n) is 8.60. The Hall–Kier alpha value is -1.76. The number of benzene rings is 2. The Morgan fingerprint density at radius 2 is 1.79 bits per heavy atom. The molecule has 0 fully saturated rings. The molecule has 0 radical (unpaired) electrons. The number of rotatable bonds is 8. The molecule has 0 aliphatic heterocycles. The molecule has 150 valence electrons. The Morgan fingerprint density at radius 3 is 2.39 bits per heavy atom. The Labute approximate surface area is 178 Å². The number of likely N-dealkylation sites (N-methyl/N-ethyl adjacent to an activating group) is 1. The van der Waals surface area contributed by atoms with Crippen LogP contribution >= 0.6 is 35.0 Å². The van der Waals surface area contributed by atoms with Crippen molar-refractivity contribution in [3.05, 3.63) is 69.5 Å². The van der Waals surface area contributed by atoms with Crippen molar-refractivity contribution in [2.75, 3.05) is 12.8 Å². The van der Waals surface area contributed by atoms with Crippen LogP contribution in [0.3, 0.4) is 0 Å². The molecule has 2 aromatic rings. The maximum atomic E-state index is 14.0. The first-order chi connectivity index (χ1) is 13.3. The number of carbonyl (C=O) groups excluding carboxylic acids is 2. The SMILES string of the molecule is CNC(=O)[C@@H](C)N(Cc1ccccc1F)C(=O)CSCc1c(Cl)cccc1Cl. The molecule has 2 aromatic carbocycles. The lowest BCUT2D eigenvalue weighted by Crippen LogP contribution is -2.47. The number of hydrogen-bond acceptors (Lipinski definition) is 3. The van der Waals surface area contributed by atoms with Crippen LogP contribution in [0.15, 0.2) is 42.5 Å². The summed E-state index contributed by atoms with van der Waals surface area (Å²) >= 11 is 13.6. The maximum Gasteiger partial charge on any atom is 0.242 e. The molecule has 0 aromatic heterocycles. The molecule has 1 atom stereocenters. The van der Waals surface area contributed by atoms with Crippen molar-refractivity contribution < 1.29 is 14.0 Å². The molecule has 2 rings (SSSR count). The third-order valence-electron chi connectivity index (χ3n) is 4.25. The number of nitrogens with one attached hydrogen (secondary N) is 1. The number of thioether (sulfide) groups is 1. The molecule has 0 saturated carbocycles. The smallest absolute Gasteiger partial charge is 0.242 e. The van der Waals surface area contributed by atoms with Gasteiger partial charge in [0.05, 0.1) is 5.75 Å². The second kappa shape index (κ2) is 10.7. The third kappa shape index (κ3) is 5.87. The van der Waals surface area contributed by atoms with Gasteiger partial charge in [-0.3, -0.25) is 9.59 Å². The normalized spacial score (nSPS) is 11.8. The predicted molar refractivity (Wildman–Crippen MR) is 113 cm³/mol. The van der Waals surface area contributed by atoms with Crippen molar-refractivity contribution in [3.8, 4) is 0 Å². The van der Waals surface area contributed by atoms with Crippen LogP contribution in [0.2, 0.25) is 10.0 Å². The summed E-state index contributed by atoms with van der Waals surface area (Å²) in [5.41, 5.74) is 1.11. The minimum absolute atomic E-state index is 0.00744. The molecule has 0 heterocycles. The van der Waals surface area contributed by atoms with Gasteiger partial charge in [0, 0.05) is 35.0 Å². The summed E-state index contributed by atoms with van der Waals surface area (Å²) in [7, 11) is 1.50. The number of hydrogen-bond donors (Lipinski definition) is 1. The first kappa shape index (κ1) is 22.5. The summed E-state index contributed by atoms with van der Waals surface area (Å²) in [6.07, 6.45) is 0. The van der Waals surface area contributed by atoms with Crippen LogP contribution in [0.5, 0.6) is 0 Å². The van der Waals surface area contributed by atoms with Gasteiger partial charge in [-0.25, -0.2) is 4.39 Å². The van der Waals surface area contributed by atoms with Gasteiger partial charge >= 0.3 is 0 Å². The Kier molecular flexibility index (Phi) is 8.60. The number of nitrogens with zero attached hydrogens (tertiary/aromatic N) is 1. The molecule has 28 heavy (non-hydrogen) atoms. The van der Waals surface area contributed by atoms with E-state index in [9.17, 15) is 14.0 Å². The van der Waals surface area contributed by atoms with Gasteiger partial charge in [0.15, 0.2) is 0 Å². The minimum Gasteiger partial charge on any atom is -0.357 e. The molecular formula is C20H21Cl2FN2O2S. The molecule has 2 amide bonds. The fourth-order valence-electron chi connectivity index (χ4n) is 2.60. The molecule has 1 N–H and O–H groups in total. The van der Waals surface area contributed by atoms with E-state index in [0.717, 1.165) is 5.56 Å². The fraction of sp³-hybridized carbons (Fsp3) is 0.300. The van der Waals surface area contributed by atoms with E-state index in [0.29, 0.717) is 21.4 Å². The topological polar surface area (TPSA) is 49.4 Å². The molecule has 8 heteroatoms. The average Bonchev–Trinajstić information content (AvgIpc) is 2.68. The van der Waals surface area contributed by atoms with Crippen molar-refractivity contribution in [3.63, 3.8) is 0 Å². The molecule has 0 aliphatic carbocycles. The van der Waals surface area contributed by atoms with Crippen LogP contribution in [0.4, 0.5) is 4.39 Å². The lowest BCUT2D eigenvalue weighted by Gasteiger charge is -2.28. The van der Waals surface area contributed by atoms with Crippen LogP contribution in [0.25, 0.3) is 0 Å². The van der Waals surface area contributed by atoms with E-state index in [1.165, 1.54) is 29.8 Å². The van der Waals surface area contributed by atoms with Gasteiger partial charge in [0.2, 0.25) is 11.8 Å². The monoisotopic (exact) mass is 442 g/mol. The molecular weight excluding hydrogens is 422 g/mol. The number of amides is 2. The van der Waals surface area contributed by atoms with E-state index < -0.39 is 11.9 Å². The lowest BCUT2D eigenvalue weighted by molar-refractivity contribution is -0.138. The average molecular weight is 443 g/mol. The Bertz CT molecular complexity index is 830. The molecule has 0 spiro atoms. The zero-order chi connectivity index (χ0) is 20.7. The summed E-state index contributed by atoms with van der Waals surface area (Å²) in [6, 6.07) is 10.7. The van der Waals surface area contributed by atoms with Gasteiger partial charge in [0.25, 0.3) is 0 Å². The van der Waals surface area contributed by atoms with Gasteiger partial charge in [-0.05, 0) is 30.7 Å². The van der Waals surface area contributed by atoms with Crippen molar-refractivity contribution in [1.29, 1.82) is 0 Å². The molecule has 0 bridgehead atoms. The number of carbonyl (C=O) groups is 2. The maximum absolute atomic E-state index is 14.0. The Morgan fingerprint density at radius 1 is 1.14 bits per heavy atom. The molecule has 0 unspecified atom stereocenters. The van der Waals surface area contributed by atoms with E-state index in [-0.39, 0.29) is 24.1 Å². The zero-order valence-corrected chi connectivity index (χ0v) is 17.9. The van der Waals surface area contributed by atoms with E-state index >= 15 is 0 Å². The molecule has 4 nitrogen and oxygen atoms in total. The van der Waals surface area contributed by atoms with E-state index in [4.69, 9.17) is 23.2 Å². The molecule has 0 aliphatic rings. The third-order valence-corrected chi connectivity index (χ3v) is 5.90. The summed E-state index contributed by atoms with van der Waals surface area (Å²) in [5, 5.41) is 3.60. The standard InChI is InChI=1S/C20H21Cl2FN2O2S/c1-13(20(27)24-2)25(10-14-6-3-4-9-18(14)23)19(26)12-28-11-15-16(21)7-5-8-17(15)22/h3-9,13H,10-12H2,1-2H3,(H,24,27)/t13-/m1/s1. The van der Waals surface area contributed by atoms with Crippen molar-refractivity contribution in [1.82, 2.24) is 10.2 Å². The summed E-state index contributed by atoms with van der Waals surface area (Å²) in [6.45, 7) is 1.63. The highest BCUT2D eigenvalue weighted by Gasteiger charge is 2.26. The van der Waals surface area contributed by atoms with Gasteiger partial charge in [-0.2, -0.15) is 0 Å².